The number of hydrogen-bond donors (Lipinski definition) is 8. The van der Waals surface area contributed by atoms with E-state index in [0.717, 1.165) is 0 Å². The molecule has 1 aromatic rings. The Morgan fingerprint density at radius 3 is 1.98 bits per heavy atom. The molecule has 1 aromatic carbocycles. The number of carbonyl (C=O) groups is 4. The van der Waals surface area contributed by atoms with Gasteiger partial charge in [0, 0.05) is 13.0 Å². The van der Waals surface area contributed by atoms with Crippen molar-refractivity contribution in [3.05, 3.63) is 29.8 Å². The van der Waals surface area contributed by atoms with Gasteiger partial charge in [-0.25, -0.2) is 4.79 Å². The average molecular weight is 564 g/mol. The number of aromatic hydroxyl groups is 1. The highest BCUT2D eigenvalue weighted by atomic mass is 16.4. The zero-order valence-electron chi connectivity index (χ0n) is 23.7. The van der Waals surface area contributed by atoms with E-state index in [0.29, 0.717) is 24.8 Å². The molecule has 0 saturated carbocycles. The average Bonchev–Trinajstić information content (AvgIpc) is 2.89. The molecule has 0 bridgehead atoms. The summed E-state index contributed by atoms with van der Waals surface area (Å²) >= 11 is 0. The quantitative estimate of drug-likeness (QED) is 0.0719. The molecule has 13 heteroatoms. The number of amides is 3. The molecule has 11 N–H and O–H groups in total. The van der Waals surface area contributed by atoms with Crippen molar-refractivity contribution in [2.45, 2.75) is 84.0 Å². The van der Waals surface area contributed by atoms with Crippen molar-refractivity contribution in [2.24, 2.45) is 34.0 Å². The lowest BCUT2D eigenvalue weighted by molar-refractivity contribution is -0.142. The van der Waals surface area contributed by atoms with E-state index in [-0.39, 0.29) is 42.9 Å². The molecule has 0 heterocycles. The van der Waals surface area contributed by atoms with E-state index in [9.17, 15) is 29.4 Å². The summed E-state index contributed by atoms with van der Waals surface area (Å²) in [7, 11) is 0. The van der Waals surface area contributed by atoms with Gasteiger partial charge in [0.1, 0.15) is 23.9 Å². The van der Waals surface area contributed by atoms with Crippen molar-refractivity contribution < 1.29 is 29.4 Å². The predicted octanol–water partition coefficient (Wildman–Crippen LogP) is -0.0532. The largest absolute Gasteiger partial charge is 0.508 e. The van der Waals surface area contributed by atoms with Crippen molar-refractivity contribution in [3.8, 4) is 5.75 Å². The Morgan fingerprint density at radius 1 is 0.900 bits per heavy atom. The number of phenols is 1. The Bertz CT molecular complexity index is 1010. The van der Waals surface area contributed by atoms with Gasteiger partial charge >= 0.3 is 5.97 Å². The molecule has 0 radical (unpaired) electrons. The van der Waals surface area contributed by atoms with Crippen LogP contribution in [-0.4, -0.2) is 70.6 Å². The van der Waals surface area contributed by atoms with Gasteiger partial charge in [-0.1, -0.05) is 46.2 Å². The first kappa shape index (κ1) is 34.2. The number of guanidine groups is 1. The molecule has 3 amide bonds. The summed E-state index contributed by atoms with van der Waals surface area (Å²) in [6, 6.07) is 1.75. The van der Waals surface area contributed by atoms with Gasteiger partial charge in [0.25, 0.3) is 0 Å². The maximum absolute atomic E-state index is 13.3. The molecular formula is C27H45N7O6. The highest BCUT2D eigenvalue weighted by molar-refractivity contribution is 5.94. The van der Waals surface area contributed by atoms with Gasteiger partial charge in [0.05, 0.1) is 6.04 Å². The topological polar surface area (TPSA) is 235 Å². The van der Waals surface area contributed by atoms with Crippen LogP contribution in [-0.2, 0) is 25.6 Å². The lowest BCUT2D eigenvalue weighted by atomic mass is 9.97. The smallest absolute Gasteiger partial charge is 0.326 e. The Hall–Kier alpha value is -3.87. The van der Waals surface area contributed by atoms with Crippen LogP contribution in [0.2, 0.25) is 0 Å². The summed E-state index contributed by atoms with van der Waals surface area (Å²) in [5, 5.41) is 27.1. The predicted molar refractivity (Wildman–Crippen MR) is 152 cm³/mol. The molecule has 40 heavy (non-hydrogen) atoms. The van der Waals surface area contributed by atoms with Crippen molar-refractivity contribution in [2.75, 3.05) is 6.54 Å². The van der Waals surface area contributed by atoms with E-state index in [1.54, 1.807) is 12.1 Å². The number of benzene rings is 1. The number of carboxylic acid groups (broad SMARTS) is 1. The minimum Gasteiger partial charge on any atom is -0.508 e. The lowest BCUT2D eigenvalue weighted by Crippen LogP contribution is -2.58. The first-order valence-electron chi connectivity index (χ1n) is 13.5. The first-order valence-corrected chi connectivity index (χ1v) is 13.5. The van der Waals surface area contributed by atoms with Gasteiger partial charge in [-0.2, -0.15) is 0 Å². The van der Waals surface area contributed by atoms with Crippen molar-refractivity contribution in [1.29, 1.82) is 0 Å². The number of hydrogen-bond acceptors (Lipinski definition) is 7. The zero-order valence-corrected chi connectivity index (χ0v) is 23.7. The van der Waals surface area contributed by atoms with Crippen LogP contribution in [0.25, 0.3) is 0 Å². The van der Waals surface area contributed by atoms with Gasteiger partial charge in [-0.15, -0.1) is 0 Å². The number of nitrogens with zero attached hydrogens (tertiary/aromatic N) is 1. The van der Waals surface area contributed by atoms with Crippen LogP contribution in [0.1, 0.15) is 58.9 Å². The third-order valence-corrected chi connectivity index (χ3v) is 6.47. The van der Waals surface area contributed by atoms with Crippen LogP contribution in [0.4, 0.5) is 0 Å². The summed E-state index contributed by atoms with van der Waals surface area (Å²) in [6.45, 7) is 7.72. The van der Waals surface area contributed by atoms with Gasteiger partial charge in [-0.3, -0.25) is 19.4 Å². The van der Waals surface area contributed by atoms with E-state index < -0.39 is 47.9 Å². The van der Waals surface area contributed by atoms with Crippen molar-refractivity contribution in [1.82, 2.24) is 16.0 Å². The van der Waals surface area contributed by atoms with Gasteiger partial charge < -0.3 is 43.4 Å². The molecule has 5 atom stereocenters. The Morgan fingerprint density at radius 2 is 1.45 bits per heavy atom. The van der Waals surface area contributed by atoms with Crippen LogP contribution in [0.15, 0.2) is 29.3 Å². The van der Waals surface area contributed by atoms with Crippen molar-refractivity contribution in [3.63, 3.8) is 0 Å². The molecule has 5 unspecified atom stereocenters. The minimum absolute atomic E-state index is 0.0244. The van der Waals surface area contributed by atoms with Crippen LogP contribution in [0.5, 0.6) is 5.75 Å². The molecule has 224 valence electrons. The number of nitrogens with two attached hydrogens (primary N) is 3. The summed E-state index contributed by atoms with van der Waals surface area (Å²) < 4.78 is 0. The molecule has 0 aliphatic carbocycles. The first-order chi connectivity index (χ1) is 18.7. The summed E-state index contributed by atoms with van der Waals surface area (Å²) in [5.41, 5.74) is 17.4. The number of carbonyl (C=O) groups excluding carboxylic acids is 3. The second-order valence-corrected chi connectivity index (χ2v) is 10.4. The fourth-order valence-corrected chi connectivity index (χ4v) is 3.87. The van der Waals surface area contributed by atoms with Gasteiger partial charge in [0.15, 0.2) is 5.96 Å². The van der Waals surface area contributed by atoms with Crippen LogP contribution >= 0.6 is 0 Å². The molecule has 0 spiro atoms. The highest BCUT2D eigenvalue weighted by Gasteiger charge is 2.31. The van der Waals surface area contributed by atoms with Crippen LogP contribution in [0.3, 0.4) is 0 Å². The number of carboxylic acids is 1. The van der Waals surface area contributed by atoms with Crippen LogP contribution < -0.4 is 33.2 Å². The van der Waals surface area contributed by atoms with Crippen LogP contribution in [0, 0.1) is 11.8 Å². The third kappa shape index (κ3) is 12.3. The van der Waals surface area contributed by atoms with E-state index in [1.165, 1.54) is 12.1 Å². The number of aliphatic imine (C=N–C) groups is 1. The molecule has 1 rings (SSSR count). The number of phenolic OH excluding ortho intramolecular Hbond substituents is 1. The van der Waals surface area contributed by atoms with E-state index >= 15 is 0 Å². The third-order valence-electron chi connectivity index (χ3n) is 6.47. The number of nitrogens with one attached hydrogen (secondary N) is 3. The second-order valence-electron chi connectivity index (χ2n) is 10.4. The standard InChI is InChI=1S/C27H45N7O6/c1-5-16(4)22(28)25(38)33-20(13-15(2)3)24(37)32-19(7-6-12-31-27(29)30)23(36)34-21(26(39)40)14-17-8-10-18(35)11-9-17/h8-11,15-16,19-22,35H,5-7,12-14,28H2,1-4H3,(H,32,37)(H,33,38)(H,34,36)(H,39,40)(H4,29,30,31). The van der Waals surface area contributed by atoms with Gasteiger partial charge in [0.2, 0.25) is 17.7 Å². The van der Waals surface area contributed by atoms with Crippen molar-refractivity contribution >= 4 is 29.7 Å². The zero-order chi connectivity index (χ0) is 30.4. The number of aliphatic carboxylic acids is 1. The Balaban J connectivity index is 3.10. The monoisotopic (exact) mass is 563 g/mol. The van der Waals surface area contributed by atoms with Gasteiger partial charge in [-0.05, 0) is 48.8 Å². The molecule has 0 fully saturated rings. The lowest BCUT2D eigenvalue weighted by Gasteiger charge is -2.27. The molecule has 0 aliphatic heterocycles. The minimum atomic E-state index is -1.30. The Labute approximate surface area is 235 Å². The van der Waals surface area contributed by atoms with E-state index in [2.05, 4.69) is 20.9 Å². The van der Waals surface area contributed by atoms with E-state index in [1.807, 2.05) is 27.7 Å². The second kappa shape index (κ2) is 17.0. The fourth-order valence-electron chi connectivity index (χ4n) is 3.87. The summed E-state index contributed by atoms with van der Waals surface area (Å²) in [5.74, 6) is -3.20. The molecule has 0 aromatic heterocycles. The Kier molecular flexibility index (Phi) is 14.5. The molecular weight excluding hydrogens is 518 g/mol. The molecule has 0 aliphatic rings. The maximum Gasteiger partial charge on any atom is 0.326 e. The SMILES string of the molecule is CCC(C)C(N)C(=O)NC(CC(C)C)C(=O)NC(CCCN=C(N)N)C(=O)NC(Cc1ccc(O)cc1)C(=O)O. The fraction of sp³-hybridized carbons (Fsp3) is 0.593. The highest BCUT2D eigenvalue weighted by Crippen LogP contribution is 2.13. The molecule has 0 saturated heterocycles. The maximum atomic E-state index is 13.3. The van der Waals surface area contributed by atoms with E-state index in [4.69, 9.17) is 17.2 Å². The summed E-state index contributed by atoms with van der Waals surface area (Å²) in [4.78, 5) is 55.1. The molecule has 13 nitrogen and oxygen atoms in total. The normalized spacial score (nSPS) is 14.8. The summed E-state index contributed by atoms with van der Waals surface area (Å²) in [6.07, 6.45) is 1.35. The number of rotatable bonds is 17.